The van der Waals surface area contributed by atoms with Crippen molar-refractivity contribution in [2.45, 2.75) is 37.0 Å². The van der Waals surface area contributed by atoms with Crippen molar-refractivity contribution in [3.05, 3.63) is 27.3 Å². The van der Waals surface area contributed by atoms with Gasteiger partial charge in [0.15, 0.2) is 11.8 Å². The molecule has 1 fully saturated rings. The Hall–Kier alpha value is -1.99. The summed E-state index contributed by atoms with van der Waals surface area (Å²) in [5, 5.41) is 19.7. The number of aliphatic hydroxyl groups excluding tert-OH is 2. The predicted molar refractivity (Wildman–Crippen MR) is 66.5 cm³/mol. The molecule has 0 aliphatic carbocycles. The highest BCUT2D eigenvalue weighted by Gasteiger charge is 2.55. The lowest BCUT2D eigenvalue weighted by molar-refractivity contribution is -0.0782. The summed E-state index contributed by atoms with van der Waals surface area (Å²) >= 11 is 0. The van der Waals surface area contributed by atoms with Gasteiger partial charge in [-0.15, -0.1) is 6.42 Å². The molecular formula is C11H14N4O5. The van der Waals surface area contributed by atoms with Crippen LogP contribution in [0.25, 0.3) is 0 Å². The number of nitrogens with two attached hydrogens (primary N) is 1. The first-order valence-electron chi connectivity index (χ1n) is 5.77. The van der Waals surface area contributed by atoms with Gasteiger partial charge in [0, 0.05) is 0 Å². The van der Waals surface area contributed by atoms with Gasteiger partial charge in [0.2, 0.25) is 0 Å². The van der Waals surface area contributed by atoms with Gasteiger partial charge in [-0.2, -0.15) is 4.98 Å². The highest BCUT2D eigenvalue weighted by atomic mass is 16.5. The standard InChI is InChI=1S/C11H14N4O5/c1-3-11(12)7(17)6(5(2)16)20-8(11)15-4-13-9(18)14-10(15)19/h1,4-8,16-17H,12H2,2H3,(H,14,18,19)/t5-,6-,7?,8-,11-/m1/s1. The minimum absolute atomic E-state index is 0.833. The molecule has 1 aromatic rings. The fraction of sp³-hybridized carbons (Fsp3) is 0.545. The van der Waals surface area contributed by atoms with Gasteiger partial charge in [0.25, 0.3) is 0 Å². The third kappa shape index (κ3) is 2.04. The molecule has 0 spiro atoms. The molecule has 1 saturated heterocycles. The summed E-state index contributed by atoms with van der Waals surface area (Å²) in [6.45, 7) is 1.39. The van der Waals surface area contributed by atoms with E-state index >= 15 is 0 Å². The summed E-state index contributed by atoms with van der Waals surface area (Å²) in [6, 6.07) is 0. The molecule has 2 rings (SSSR count). The molecule has 1 aliphatic rings. The van der Waals surface area contributed by atoms with Gasteiger partial charge >= 0.3 is 11.4 Å². The van der Waals surface area contributed by atoms with Crippen molar-refractivity contribution >= 4 is 0 Å². The molecule has 20 heavy (non-hydrogen) atoms. The summed E-state index contributed by atoms with van der Waals surface area (Å²) in [6.07, 6.45) is 1.46. The molecule has 5 N–H and O–H groups in total. The Labute approximate surface area is 113 Å². The zero-order chi connectivity index (χ0) is 15.1. The third-order valence-electron chi connectivity index (χ3n) is 3.22. The minimum atomic E-state index is -1.74. The molecular weight excluding hydrogens is 268 g/mol. The number of terminal acetylenes is 1. The van der Waals surface area contributed by atoms with Gasteiger partial charge in [-0.05, 0) is 6.92 Å². The summed E-state index contributed by atoms with van der Waals surface area (Å²) in [7, 11) is 0. The van der Waals surface area contributed by atoms with Gasteiger partial charge < -0.3 is 20.7 Å². The zero-order valence-corrected chi connectivity index (χ0v) is 10.6. The van der Waals surface area contributed by atoms with Crippen molar-refractivity contribution < 1.29 is 14.9 Å². The van der Waals surface area contributed by atoms with Crippen molar-refractivity contribution in [3.8, 4) is 12.3 Å². The van der Waals surface area contributed by atoms with E-state index in [0.717, 1.165) is 10.9 Å². The number of ether oxygens (including phenoxy) is 1. The Bertz CT molecular complexity index is 660. The second-order valence-electron chi connectivity index (χ2n) is 4.60. The van der Waals surface area contributed by atoms with Gasteiger partial charge in [-0.3, -0.25) is 9.55 Å². The maximum atomic E-state index is 11.7. The van der Waals surface area contributed by atoms with Crippen LogP contribution in [0.1, 0.15) is 13.2 Å². The van der Waals surface area contributed by atoms with E-state index in [1.807, 2.05) is 4.98 Å². The molecule has 9 heteroatoms. The monoisotopic (exact) mass is 282 g/mol. The zero-order valence-electron chi connectivity index (χ0n) is 10.6. The molecule has 9 nitrogen and oxygen atoms in total. The summed E-state index contributed by atoms with van der Waals surface area (Å²) < 4.78 is 6.25. The number of rotatable bonds is 2. The average Bonchev–Trinajstić information content (AvgIpc) is 2.64. The Balaban J connectivity index is 2.53. The van der Waals surface area contributed by atoms with Crippen LogP contribution in [0.4, 0.5) is 0 Å². The molecule has 1 aromatic heterocycles. The maximum Gasteiger partial charge on any atom is 0.350 e. The van der Waals surface area contributed by atoms with Gasteiger partial charge in [-0.25, -0.2) is 9.59 Å². The number of nitrogens with one attached hydrogen (secondary N) is 1. The van der Waals surface area contributed by atoms with E-state index in [4.69, 9.17) is 16.9 Å². The lowest BCUT2D eigenvalue weighted by Gasteiger charge is -2.27. The Morgan fingerprint density at radius 3 is 2.85 bits per heavy atom. The molecule has 0 radical (unpaired) electrons. The van der Waals surface area contributed by atoms with Crippen molar-refractivity contribution in [1.82, 2.24) is 14.5 Å². The number of aromatic amines is 1. The minimum Gasteiger partial charge on any atom is -0.391 e. The third-order valence-corrected chi connectivity index (χ3v) is 3.22. The topological polar surface area (TPSA) is 143 Å². The maximum absolute atomic E-state index is 11.7. The lowest BCUT2D eigenvalue weighted by Crippen LogP contribution is -2.55. The number of aliphatic hydroxyl groups is 2. The lowest BCUT2D eigenvalue weighted by atomic mass is 9.90. The van der Waals surface area contributed by atoms with Crippen LogP contribution in [0.2, 0.25) is 0 Å². The molecule has 2 heterocycles. The van der Waals surface area contributed by atoms with Crippen LogP contribution in [-0.2, 0) is 4.74 Å². The number of H-pyrrole nitrogens is 1. The van der Waals surface area contributed by atoms with Gasteiger partial charge in [0.1, 0.15) is 18.5 Å². The molecule has 108 valence electrons. The van der Waals surface area contributed by atoms with Crippen LogP contribution in [-0.4, -0.2) is 48.6 Å². The fourth-order valence-corrected chi connectivity index (χ4v) is 2.11. The average molecular weight is 282 g/mol. The molecule has 1 aliphatic heterocycles. The first-order valence-corrected chi connectivity index (χ1v) is 5.77. The smallest absolute Gasteiger partial charge is 0.350 e. The first-order chi connectivity index (χ1) is 9.31. The van der Waals surface area contributed by atoms with E-state index in [-0.39, 0.29) is 0 Å². The highest BCUT2D eigenvalue weighted by molar-refractivity contribution is 5.22. The summed E-state index contributed by atoms with van der Waals surface area (Å²) in [5.74, 6) is 2.18. The number of nitrogens with zero attached hydrogens (tertiary/aromatic N) is 2. The van der Waals surface area contributed by atoms with Crippen LogP contribution < -0.4 is 17.1 Å². The van der Waals surface area contributed by atoms with Crippen LogP contribution in [0.3, 0.4) is 0 Å². The summed E-state index contributed by atoms with van der Waals surface area (Å²) in [4.78, 5) is 28.0. The van der Waals surface area contributed by atoms with E-state index in [9.17, 15) is 19.8 Å². The van der Waals surface area contributed by atoms with Crippen LogP contribution in [0, 0.1) is 12.3 Å². The largest absolute Gasteiger partial charge is 0.391 e. The van der Waals surface area contributed by atoms with Crippen molar-refractivity contribution in [3.63, 3.8) is 0 Å². The van der Waals surface area contributed by atoms with Crippen molar-refractivity contribution in [2.75, 3.05) is 0 Å². The molecule has 1 unspecified atom stereocenters. The van der Waals surface area contributed by atoms with Crippen molar-refractivity contribution in [1.29, 1.82) is 0 Å². The van der Waals surface area contributed by atoms with E-state index in [1.165, 1.54) is 6.92 Å². The van der Waals surface area contributed by atoms with Crippen LogP contribution in [0.15, 0.2) is 15.9 Å². The van der Waals surface area contributed by atoms with Gasteiger partial charge in [0.05, 0.1) is 6.10 Å². The van der Waals surface area contributed by atoms with Crippen LogP contribution in [0.5, 0.6) is 0 Å². The molecule has 0 amide bonds. The summed E-state index contributed by atoms with van der Waals surface area (Å²) in [5.41, 5.74) is 2.50. The molecule has 0 saturated carbocycles. The Morgan fingerprint density at radius 2 is 2.35 bits per heavy atom. The number of hydrogen-bond acceptors (Lipinski definition) is 7. The fourth-order valence-electron chi connectivity index (χ4n) is 2.11. The predicted octanol–water partition coefficient (Wildman–Crippen LogP) is -3.10. The quantitative estimate of drug-likeness (QED) is 0.421. The SMILES string of the molecule is C#C[C@@]1(N)C(O)[C@@H]([C@@H](C)O)O[C@H]1n1cnc(=O)[nH]c1=O. The normalized spacial score (nSPS) is 34.6. The number of hydrogen-bond donors (Lipinski definition) is 4. The molecule has 5 atom stereocenters. The highest BCUT2D eigenvalue weighted by Crippen LogP contribution is 2.36. The Morgan fingerprint density at radius 1 is 1.70 bits per heavy atom. The second-order valence-corrected chi connectivity index (χ2v) is 4.60. The van der Waals surface area contributed by atoms with Gasteiger partial charge in [-0.1, -0.05) is 5.92 Å². The van der Waals surface area contributed by atoms with E-state index in [2.05, 4.69) is 10.9 Å². The van der Waals surface area contributed by atoms with E-state index in [1.54, 1.807) is 0 Å². The second kappa shape index (κ2) is 4.84. The molecule has 0 bridgehead atoms. The Kier molecular flexibility index (Phi) is 3.49. The molecule has 0 aromatic carbocycles. The van der Waals surface area contributed by atoms with Crippen LogP contribution >= 0.6 is 0 Å². The van der Waals surface area contributed by atoms with E-state index < -0.39 is 41.5 Å². The van der Waals surface area contributed by atoms with E-state index in [0.29, 0.717) is 0 Å². The van der Waals surface area contributed by atoms with Crippen molar-refractivity contribution in [2.24, 2.45) is 5.73 Å². The number of aromatic nitrogens is 3. The first kappa shape index (κ1) is 14.4.